The second kappa shape index (κ2) is 6.49. The Kier molecular flexibility index (Phi) is 4.60. The Morgan fingerprint density at radius 2 is 1.91 bits per heavy atom. The monoisotopic (exact) mass is 321 g/mol. The number of imide groups is 1. The minimum atomic E-state index is -0.734. The standard InChI is InChI=1S/C17H27N3O3/c1-2-13-8-4-7-11-19(13)14(21)12-20-15(22)17(18-16(20)23)9-5-3-6-10-17/h13H,2-12H2,1H3,(H,18,23)/t13-/m0/s1. The molecule has 4 amide bonds. The fourth-order valence-corrected chi connectivity index (χ4v) is 4.29. The van der Waals surface area contributed by atoms with Crippen LogP contribution in [0.1, 0.15) is 64.7 Å². The van der Waals surface area contributed by atoms with E-state index in [1.165, 1.54) is 0 Å². The number of likely N-dealkylation sites (tertiary alicyclic amines) is 1. The van der Waals surface area contributed by atoms with Crippen molar-refractivity contribution in [1.29, 1.82) is 0 Å². The Hall–Kier alpha value is -1.59. The zero-order valence-electron chi connectivity index (χ0n) is 14.0. The Morgan fingerprint density at radius 3 is 2.61 bits per heavy atom. The fraction of sp³-hybridized carbons (Fsp3) is 0.824. The van der Waals surface area contributed by atoms with Gasteiger partial charge in [-0.15, -0.1) is 0 Å². The largest absolute Gasteiger partial charge is 0.338 e. The molecule has 0 unspecified atom stereocenters. The molecular formula is C17H27N3O3. The lowest BCUT2D eigenvalue weighted by Gasteiger charge is -2.36. The first kappa shape index (κ1) is 16.3. The van der Waals surface area contributed by atoms with Crippen LogP contribution in [0.3, 0.4) is 0 Å². The van der Waals surface area contributed by atoms with Crippen molar-refractivity contribution in [2.75, 3.05) is 13.1 Å². The summed E-state index contributed by atoms with van der Waals surface area (Å²) < 4.78 is 0. The van der Waals surface area contributed by atoms with Crippen LogP contribution >= 0.6 is 0 Å². The third-order valence-corrected chi connectivity index (χ3v) is 5.67. The lowest BCUT2D eigenvalue weighted by atomic mass is 9.82. The molecule has 128 valence electrons. The molecule has 2 aliphatic heterocycles. The molecule has 1 N–H and O–H groups in total. The van der Waals surface area contributed by atoms with Crippen molar-refractivity contribution in [2.45, 2.75) is 76.3 Å². The van der Waals surface area contributed by atoms with Crippen LogP contribution in [-0.4, -0.2) is 52.3 Å². The molecule has 0 aromatic heterocycles. The maximum Gasteiger partial charge on any atom is 0.325 e. The first-order valence-electron chi connectivity index (χ1n) is 9.01. The first-order chi connectivity index (χ1) is 11.1. The quantitative estimate of drug-likeness (QED) is 0.809. The van der Waals surface area contributed by atoms with Crippen LogP contribution in [0, 0.1) is 0 Å². The number of rotatable bonds is 3. The van der Waals surface area contributed by atoms with Crippen LogP contribution < -0.4 is 5.32 Å². The highest BCUT2D eigenvalue weighted by atomic mass is 16.2. The summed E-state index contributed by atoms with van der Waals surface area (Å²) in [5.41, 5.74) is -0.734. The van der Waals surface area contributed by atoms with Gasteiger partial charge in [-0.05, 0) is 38.5 Å². The summed E-state index contributed by atoms with van der Waals surface area (Å²) in [6.07, 6.45) is 8.52. The molecule has 1 spiro atoms. The third kappa shape index (κ3) is 2.95. The smallest absolute Gasteiger partial charge is 0.325 e. The summed E-state index contributed by atoms with van der Waals surface area (Å²) in [6, 6.07) is -0.143. The molecular weight excluding hydrogens is 294 g/mol. The highest BCUT2D eigenvalue weighted by molar-refractivity contribution is 6.09. The molecule has 0 radical (unpaired) electrons. The maximum absolute atomic E-state index is 12.7. The minimum absolute atomic E-state index is 0.0899. The number of amides is 4. The summed E-state index contributed by atoms with van der Waals surface area (Å²) in [6.45, 7) is 2.72. The van der Waals surface area contributed by atoms with Crippen molar-refractivity contribution < 1.29 is 14.4 Å². The SMILES string of the molecule is CC[C@H]1CCCCN1C(=O)CN1C(=O)NC2(CCCCC2)C1=O. The van der Waals surface area contributed by atoms with E-state index in [4.69, 9.17) is 0 Å². The lowest BCUT2D eigenvalue weighted by Crippen LogP contribution is -2.50. The average Bonchev–Trinajstić information content (AvgIpc) is 2.79. The predicted molar refractivity (Wildman–Crippen MR) is 85.7 cm³/mol. The molecule has 6 nitrogen and oxygen atoms in total. The zero-order valence-corrected chi connectivity index (χ0v) is 14.0. The Labute approximate surface area is 137 Å². The third-order valence-electron chi connectivity index (χ3n) is 5.67. The highest BCUT2D eigenvalue weighted by Gasteiger charge is 2.51. The van der Waals surface area contributed by atoms with Gasteiger partial charge in [-0.3, -0.25) is 14.5 Å². The highest BCUT2D eigenvalue weighted by Crippen LogP contribution is 2.33. The van der Waals surface area contributed by atoms with E-state index in [1.54, 1.807) is 0 Å². The van der Waals surface area contributed by atoms with Crippen molar-refractivity contribution in [3.63, 3.8) is 0 Å². The molecule has 1 aliphatic carbocycles. The molecule has 3 aliphatic rings. The maximum atomic E-state index is 12.7. The van der Waals surface area contributed by atoms with Crippen LogP contribution in [0.5, 0.6) is 0 Å². The van der Waals surface area contributed by atoms with Gasteiger partial charge in [0.05, 0.1) is 0 Å². The molecule has 2 saturated heterocycles. The molecule has 0 aromatic rings. The topological polar surface area (TPSA) is 69.7 Å². The number of hydrogen-bond acceptors (Lipinski definition) is 3. The fourth-order valence-electron chi connectivity index (χ4n) is 4.29. The van der Waals surface area contributed by atoms with Gasteiger partial charge in [0.2, 0.25) is 5.91 Å². The summed E-state index contributed by atoms with van der Waals surface area (Å²) in [5, 5.41) is 2.87. The number of nitrogens with one attached hydrogen (secondary N) is 1. The van der Waals surface area contributed by atoms with Crippen molar-refractivity contribution in [3.05, 3.63) is 0 Å². The molecule has 3 rings (SSSR count). The molecule has 0 aromatic carbocycles. The van der Waals surface area contributed by atoms with Gasteiger partial charge in [0.25, 0.3) is 5.91 Å². The van der Waals surface area contributed by atoms with Gasteiger partial charge >= 0.3 is 6.03 Å². The number of urea groups is 1. The van der Waals surface area contributed by atoms with E-state index in [1.807, 2.05) is 4.90 Å². The van der Waals surface area contributed by atoms with E-state index in [0.29, 0.717) is 12.8 Å². The van der Waals surface area contributed by atoms with Gasteiger partial charge in [-0.1, -0.05) is 26.2 Å². The molecule has 2 heterocycles. The van der Waals surface area contributed by atoms with E-state index in [0.717, 1.165) is 56.4 Å². The van der Waals surface area contributed by atoms with Crippen molar-refractivity contribution >= 4 is 17.8 Å². The average molecular weight is 321 g/mol. The first-order valence-corrected chi connectivity index (χ1v) is 9.01. The molecule has 23 heavy (non-hydrogen) atoms. The second-order valence-corrected chi connectivity index (χ2v) is 7.11. The molecule has 1 atom stereocenters. The Balaban J connectivity index is 1.68. The van der Waals surface area contributed by atoms with Crippen LogP contribution in [0.25, 0.3) is 0 Å². The van der Waals surface area contributed by atoms with Gasteiger partial charge in [-0.25, -0.2) is 4.79 Å². The van der Waals surface area contributed by atoms with Crippen LogP contribution in [0.4, 0.5) is 4.79 Å². The summed E-state index contributed by atoms with van der Waals surface area (Å²) in [5.74, 6) is -0.284. The number of carbonyl (C=O) groups is 3. The lowest BCUT2D eigenvalue weighted by molar-refractivity contribution is -0.141. The van der Waals surface area contributed by atoms with Crippen molar-refractivity contribution in [1.82, 2.24) is 15.1 Å². The van der Waals surface area contributed by atoms with Gasteiger partial charge in [-0.2, -0.15) is 0 Å². The van der Waals surface area contributed by atoms with Gasteiger partial charge < -0.3 is 10.2 Å². The zero-order chi connectivity index (χ0) is 16.4. The molecule has 6 heteroatoms. The number of carbonyl (C=O) groups excluding carboxylic acids is 3. The second-order valence-electron chi connectivity index (χ2n) is 7.11. The summed E-state index contributed by atoms with van der Waals surface area (Å²) in [7, 11) is 0. The van der Waals surface area contributed by atoms with Crippen LogP contribution in [-0.2, 0) is 9.59 Å². The number of hydrogen-bond donors (Lipinski definition) is 1. The minimum Gasteiger partial charge on any atom is -0.338 e. The van der Waals surface area contributed by atoms with E-state index in [-0.39, 0.29) is 24.4 Å². The molecule has 0 bridgehead atoms. The molecule has 3 fully saturated rings. The molecule has 1 saturated carbocycles. The van der Waals surface area contributed by atoms with Gasteiger partial charge in [0.1, 0.15) is 12.1 Å². The van der Waals surface area contributed by atoms with Crippen molar-refractivity contribution in [3.8, 4) is 0 Å². The van der Waals surface area contributed by atoms with Crippen LogP contribution in [0.15, 0.2) is 0 Å². The summed E-state index contributed by atoms with van der Waals surface area (Å²) in [4.78, 5) is 40.6. The number of nitrogens with zero attached hydrogens (tertiary/aromatic N) is 2. The van der Waals surface area contributed by atoms with Crippen molar-refractivity contribution in [2.24, 2.45) is 0 Å². The Bertz CT molecular complexity index is 499. The van der Waals surface area contributed by atoms with Gasteiger partial charge in [0, 0.05) is 12.6 Å². The summed E-state index contributed by atoms with van der Waals surface area (Å²) >= 11 is 0. The van der Waals surface area contributed by atoms with E-state index < -0.39 is 11.6 Å². The number of piperidine rings is 1. The van der Waals surface area contributed by atoms with Gasteiger partial charge in [0.15, 0.2) is 0 Å². The van der Waals surface area contributed by atoms with E-state index >= 15 is 0 Å². The predicted octanol–water partition coefficient (Wildman–Crippen LogP) is 2.03. The Morgan fingerprint density at radius 1 is 1.17 bits per heavy atom. The van der Waals surface area contributed by atoms with E-state index in [9.17, 15) is 14.4 Å². The normalized spacial score (nSPS) is 27.4. The van der Waals surface area contributed by atoms with E-state index in [2.05, 4.69) is 12.2 Å². The van der Waals surface area contributed by atoms with Crippen LogP contribution in [0.2, 0.25) is 0 Å².